The first-order valence-electron chi connectivity index (χ1n) is 6.86. The summed E-state index contributed by atoms with van der Waals surface area (Å²) in [4.78, 5) is 16.5. The number of fused-ring (bicyclic) bond motifs is 1. The van der Waals surface area contributed by atoms with Gasteiger partial charge in [-0.3, -0.25) is 9.78 Å². The number of carbonyl (C=O) groups is 1. The van der Waals surface area contributed by atoms with Gasteiger partial charge in [0.25, 0.3) is 5.91 Å². The van der Waals surface area contributed by atoms with E-state index in [4.69, 9.17) is 0 Å². The van der Waals surface area contributed by atoms with Crippen LogP contribution >= 0.6 is 0 Å². The van der Waals surface area contributed by atoms with E-state index in [9.17, 15) is 4.79 Å². The Labute approximate surface area is 123 Å². The molecule has 0 radical (unpaired) electrons. The molecule has 1 heterocycles. The van der Waals surface area contributed by atoms with Crippen molar-refractivity contribution in [2.75, 3.05) is 5.32 Å². The van der Waals surface area contributed by atoms with Gasteiger partial charge in [-0.05, 0) is 49.1 Å². The molecule has 104 valence electrons. The number of pyridine rings is 1. The summed E-state index contributed by atoms with van der Waals surface area (Å²) in [5, 5.41) is 5.04. The lowest BCUT2D eigenvalue weighted by Gasteiger charge is -2.10. The second-order valence-electron chi connectivity index (χ2n) is 5.16. The van der Waals surface area contributed by atoms with Gasteiger partial charge >= 0.3 is 0 Å². The Kier molecular flexibility index (Phi) is 3.40. The Hall–Kier alpha value is -2.68. The van der Waals surface area contributed by atoms with Gasteiger partial charge in [0, 0.05) is 29.0 Å². The Balaban J connectivity index is 1.94. The monoisotopic (exact) mass is 276 g/mol. The molecule has 1 amide bonds. The Morgan fingerprint density at radius 2 is 1.76 bits per heavy atom. The van der Waals surface area contributed by atoms with Crippen molar-refractivity contribution >= 4 is 22.4 Å². The zero-order valence-corrected chi connectivity index (χ0v) is 12.1. The standard InChI is InChI=1S/C18H16N2O/c1-12-3-6-15(7-4-12)20-18(21)17-8-5-14-11-19-10-9-16(14)13(17)2/h3-11H,1-2H3,(H,20,21). The van der Waals surface area contributed by atoms with Gasteiger partial charge < -0.3 is 5.32 Å². The van der Waals surface area contributed by atoms with Gasteiger partial charge in [0.1, 0.15) is 0 Å². The van der Waals surface area contributed by atoms with Gasteiger partial charge in [0.2, 0.25) is 0 Å². The van der Waals surface area contributed by atoms with Crippen LogP contribution in [-0.4, -0.2) is 10.9 Å². The second kappa shape index (κ2) is 5.37. The third kappa shape index (κ3) is 2.63. The van der Waals surface area contributed by atoms with E-state index < -0.39 is 0 Å². The third-order valence-corrected chi connectivity index (χ3v) is 3.64. The maximum absolute atomic E-state index is 12.4. The van der Waals surface area contributed by atoms with Crippen molar-refractivity contribution in [2.45, 2.75) is 13.8 Å². The summed E-state index contributed by atoms with van der Waals surface area (Å²) in [5.41, 5.74) is 3.64. The fourth-order valence-corrected chi connectivity index (χ4v) is 2.41. The lowest BCUT2D eigenvalue weighted by atomic mass is 10.0. The Morgan fingerprint density at radius 1 is 1.00 bits per heavy atom. The topological polar surface area (TPSA) is 42.0 Å². The second-order valence-corrected chi connectivity index (χ2v) is 5.16. The summed E-state index contributed by atoms with van der Waals surface area (Å²) in [6.45, 7) is 3.99. The number of anilines is 1. The van der Waals surface area contributed by atoms with Crippen molar-refractivity contribution in [1.29, 1.82) is 0 Å². The number of amides is 1. The number of hydrogen-bond donors (Lipinski definition) is 1. The zero-order chi connectivity index (χ0) is 14.8. The van der Waals surface area contributed by atoms with Crippen LogP contribution in [0.3, 0.4) is 0 Å². The van der Waals surface area contributed by atoms with Crippen LogP contribution in [0.4, 0.5) is 5.69 Å². The first-order chi connectivity index (χ1) is 10.1. The van der Waals surface area contributed by atoms with E-state index in [0.717, 1.165) is 22.0 Å². The molecule has 0 spiro atoms. The number of rotatable bonds is 2. The first-order valence-corrected chi connectivity index (χ1v) is 6.86. The van der Waals surface area contributed by atoms with Gasteiger partial charge in [-0.25, -0.2) is 0 Å². The lowest BCUT2D eigenvalue weighted by molar-refractivity contribution is 0.102. The maximum atomic E-state index is 12.4. The summed E-state index contributed by atoms with van der Waals surface area (Å²) in [6, 6.07) is 13.5. The number of benzene rings is 2. The SMILES string of the molecule is Cc1ccc(NC(=O)c2ccc3cnccc3c2C)cc1. The third-order valence-electron chi connectivity index (χ3n) is 3.64. The van der Waals surface area contributed by atoms with Gasteiger partial charge in [-0.1, -0.05) is 23.8 Å². The molecule has 1 N–H and O–H groups in total. The quantitative estimate of drug-likeness (QED) is 0.765. The maximum Gasteiger partial charge on any atom is 0.255 e. The molecule has 0 aliphatic heterocycles. The molecule has 3 aromatic rings. The van der Waals surface area contributed by atoms with Crippen LogP contribution in [0.1, 0.15) is 21.5 Å². The van der Waals surface area contributed by atoms with Crippen LogP contribution in [0.2, 0.25) is 0 Å². The summed E-state index contributed by atoms with van der Waals surface area (Å²) in [6.07, 6.45) is 3.56. The van der Waals surface area contributed by atoms with Crippen LogP contribution in [0.5, 0.6) is 0 Å². The smallest absolute Gasteiger partial charge is 0.255 e. The van der Waals surface area contributed by atoms with E-state index >= 15 is 0 Å². The Bertz CT molecular complexity index is 807. The van der Waals surface area contributed by atoms with E-state index in [0.29, 0.717) is 5.56 Å². The number of carbonyl (C=O) groups excluding carboxylic acids is 1. The number of nitrogens with one attached hydrogen (secondary N) is 1. The van der Waals surface area contributed by atoms with Crippen molar-refractivity contribution in [1.82, 2.24) is 4.98 Å². The van der Waals surface area contributed by atoms with E-state index in [-0.39, 0.29) is 5.91 Å². The van der Waals surface area contributed by atoms with Crippen LogP contribution < -0.4 is 5.32 Å². The molecule has 0 unspecified atom stereocenters. The van der Waals surface area contributed by atoms with Crippen molar-refractivity contribution in [3.8, 4) is 0 Å². The van der Waals surface area contributed by atoms with E-state index in [2.05, 4.69) is 10.3 Å². The molecule has 0 saturated carbocycles. The number of aryl methyl sites for hydroxylation is 2. The van der Waals surface area contributed by atoms with Crippen LogP contribution in [0.25, 0.3) is 10.8 Å². The molecule has 0 aliphatic carbocycles. The number of aromatic nitrogens is 1. The lowest BCUT2D eigenvalue weighted by Crippen LogP contribution is -2.13. The predicted octanol–water partition coefficient (Wildman–Crippen LogP) is 4.10. The minimum atomic E-state index is -0.0879. The van der Waals surface area contributed by atoms with E-state index in [1.165, 1.54) is 5.56 Å². The minimum absolute atomic E-state index is 0.0879. The van der Waals surface area contributed by atoms with Crippen LogP contribution in [-0.2, 0) is 0 Å². The molecule has 1 aromatic heterocycles. The number of nitrogens with zero attached hydrogens (tertiary/aromatic N) is 1. The zero-order valence-electron chi connectivity index (χ0n) is 12.1. The molecule has 2 aromatic carbocycles. The fraction of sp³-hybridized carbons (Fsp3) is 0.111. The van der Waals surface area contributed by atoms with Gasteiger partial charge in [-0.15, -0.1) is 0 Å². The minimum Gasteiger partial charge on any atom is -0.322 e. The average Bonchev–Trinajstić information content (AvgIpc) is 2.50. The van der Waals surface area contributed by atoms with Crippen molar-refractivity contribution in [2.24, 2.45) is 0 Å². The molecule has 0 aliphatic rings. The Morgan fingerprint density at radius 3 is 2.52 bits per heavy atom. The highest BCUT2D eigenvalue weighted by atomic mass is 16.1. The average molecular weight is 276 g/mol. The van der Waals surface area contributed by atoms with Crippen molar-refractivity contribution in [3.05, 3.63) is 71.5 Å². The highest BCUT2D eigenvalue weighted by Crippen LogP contribution is 2.22. The van der Waals surface area contributed by atoms with Crippen molar-refractivity contribution in [3.63, 3.8) is 0 Å². The highest BCUT2D eigenvalue weighted by Gasteiger charge is 2.11. The van der Waals surface area contributed by atoms with Crippen molar-refractivity contribution < 1.29 is 4.79 Å². The van der Waals surface area contributed by atoms with Crippen LogP contribution in [0, 0.1) is 13.8 Å². The summed E-state index contributed by atoms with van der Waals surface area (Å²) < 4.78 is 0. The van der Waals surface area contributed by atoms with Crippen LogP contribution in [0.15, 0.2) is 54.9 Å². The highest BCUT2D eigenvalue weighted by molar-refractivity contribution is 6.08. The van der Waals surface area contributed by atoms with Gasteiger partial charge in [0.15, 0.2) is 0 Å². The first kappa shape index (κ1) is 13.3. The number of hydrogen-bond acceptors (Lipinski definition) is 2. The molecule has 3 nitrogen and oxygen atoms in total. The molecule has 0 atom stereocenters. The van der Waals surface area contributed by atoms with Gasteiger partial charge in [0.05, 0.1) is 0 Å². The molecule has 0 bridgehead atoms. The molecule has 21 heavy (non-hydrogen) atoms. The largest absolute Gasteiger partial charge is 0.322 e. The summed E-state index contributed by atoms with van der Waals surface area (Å²) in [7, 11) is 0. The molecule has 0 saturated heterocycles. The van der Waals surface area contributed by atoms with Gasteiger partial charge in [-0.2, -0.15) is 0 Å². The summed E-state index contributed by atoms with van der Waals surface area (Å²) in [5.74, 6) is -0.0879. The van der Waals surface area contributed by atoms with E-state index in [1.807, 2.05) is 62.5 Å². The predicted molar refractivity (Wildman–Crippen MR) is 85.6 cm³/mol. The molecular formula is C18H16N2O. The molecule has 0 fully saturated rings. The summed E-state index contributed by atoms with van der Waals surface area (Å²) >= 11 is 0. The molecule has 3 rings (SSSR count). The fourth-order valence-electron chi connectivity index (χ4n) is 2.41. The normalized spacial score (nSPS) is 10.6. The van der Waals surface area contributed by atoms with E-state index in [1.54, 1.807) is 6.20 Å². The molecular weight excluding hydrogens is 260 g/mol. The molecule has 3 heteroatoms.